The molecular formula is C10H17BO3. The highest BCUT2D eigenvalue weighted by molar-refractivity contribution is 6.57. The fraction of sp³-hybridized carbons (Fsp3) is 0.400. The van der Waals surface area contributed by atoms with Gasteiger partial charge in [-0.2, -0.15) is 0 Å². The van der Waals surface area contributed by atoms with Gasteiger partial charge in [-0.15, -0.1) is 0 Å². The minimum absolute atomic E-state index is 0.168. The van der Waals surface area contributed by atoms with Crippen molar-refractivity contribution in [1.82, 2.24) is 0 Å². The molecule has 0 atom stereocenters. The lowest BCUT2D eigenvalue weighted by molar-refractivity contribution is 0.409. The van der Waals surface area contributed by atoms with Gasteiger partial charge in [0.1, 0.15) is 11.4 Å². The Morgan fingerprint density at radius 2 is 2.07 bits per heavy atom. The van der Waals surface area contributed by atoms with E-state index in [0.29, 0.717) is 5.76 Å². The van der Waals surface area contributed by atoms with Gasteiger partial charge in [-0.05, 0) is 24.1 Å². The van der Waals surface area contributed by atoms with Crippen LogP contribution in [0.4, 0.5) is 0 Å². The molecular weight excluding hydrogens is 179 g/mol. The Bertz CT molecular complexity index is 279. The maximum absolute atomic E-state index is 8.78. The van der Waals surface area contributed by atoms with Crippen molar-refractivity contribution in [2.24, 2.45) is 0 Å². The number of rotatable bonds is 3. The van der Waals surface area contributed by atoms with Gasteiger partial charge in [0.05, 0.1) is 0 Å². The molecule has 2 N–H and O–H groups in total. The molecule has 0 aliphatic heterocycles. The number of aryl methyl sites for hydroxylation is 1. The molecule has 0 aliphatic rings. The summed E-state index contributed by atoms with van der Waals surface area (Å²) in [5.41, 5.74) is 1.11. The first-order chi connectivity index (χ1) is 6.69. The number of hydrogen-bond acceptors (Lipinski definition) is 3. The fourth-order valence-corrected chi connectivity index (χ4v) is 1.04. The highest BCUT2D eigenvalue weighted by Gasteiger charge is 2.18. The second-order valence-corrected chi connectivity index (χ2v) is 2.47. The second kappa shape index (κ2) is 6.46. The first kappa shape index (κ1) is 13.0. The third-order valence-corrected chi connectivity index (χ3v) is 1.68. The van der Waals surface area contributed by atoms with Gasteiger partial charge in [0.15, 0.2) is 0 Å². The van der Waals surface area contributed by atoms with Gasteiger partial charge >= 0.3 is 7.12 Å². The van der Waals surface area contributed by atoms with E-state index in [2.05, 4.69) is 6.58 Å². The van der Waals surface area contributed by atoms with Crippen molar-refractivity contribution in [2.45, 2.75) is 27.2 Å². The van der Waals surface area contributed by atoms with Crippen molar-refractivity contribution in [3.8, 4) is 0 Å². The Labute approximate surface area is 85.2 Å². The largest absolute Gasteiger partial charge is 0.526 e. The van der Waals surface area contributed by atoms with Crippen molar-refractivity contribution in [3.05, 3.63) is 24.0 Å². The van der Waals surface area contributed by atoms with Crippen LogP contribution in [0.1, 0.15) is 32.1 Å². The van der Waals surface area contributed by atoms with Crippen LogP contribution in [0.5, 0.6) is 0 Å². The monoisotopic (exact) mass is 196 g/mol. The predicted molar refractivity (Wildman–Crippen MR) is 59.4 cm³/mol. The van der Waals surface area contributed by atoms with Gasteiger partial charge < -0.3 is 14.5 Å². The highest BCUT2D eigenvalue weighted by atomic mass is 16.4. The predicted octanol–water partition coefficient (Wildman–Crippen LogP) is 1.19. The third kappa shape index (κ3) is 3.05. The molecule has 0 spiro atoms. The van der Waals surface area contributed by atoms with Crippen LogP contribution in [0, 0.1) is 0 Å². The third-order valence-electron chi connectivity index (χ3n) is 1.68. The average molecular weight is 196 g/mol. The first-order valence-electron chi connectivity index (χ1n) is 4.80. The van der Waals surface area contributed by atoms with E-state index in [-0.39, 0.29) is 5.66 Å². The van der Waals surface area contributed by atoms with Gasteiger partial charge in [0.25, 0.3) is 0 Å². The van der Waals surface area contributed by atoms with Crippen molar-refractivity contribution >= 4 is 18.9 Å². The van der Waals surface area contributed by atoms with Crippen LogP contribution >= 0.6 is 0 Å². The first-order valence-corrected chi connectivity index (χ1v) is 4.80. The second-order valence-electron chi connectivity index (χ2n) is 2.47. The number of hydrogen-bond donors (Lipinski definition) is 2. The summed E-state index contributed by atoms with van der Waals surface area (Å²) in [6.45, 7) is 9.52. The van der Waals surface area contributed by atoms with E-state index in [1.165, 1.54) is 0 Å². The summed E-state index contributed by atoms with van der Waals surface area (Å²) in [6, 6.07) is 1.63. The molecule has 0 aromatic carbocycles. The normalized spacial score (nSPS) is 8.93. The Kier molecular flexibility index (Phi) is 6.00. The van der Waals surface area contributed by atoms with Crippen LogP contribution in [0.3, 0.4) is 0 Å². The van der Waals surface area contributed by atoms with Crippen molar-refractivity contribution < 1.29 is 14.5 Å². The molecule has 3 nitrogen and oxygen atoms in total. The molecule has 0 bridgehead atoms. The quantitative estimate of drug-likeness (QED) is 0.714. The summed E-state index contributed by atoms with van der Waals surface area (Å²) in [5, 5.41) is 17.6. The Hall–Kier alpha value is -0.995. The zero-order valence-corrected chi connectivity index (χ0v) is 8.95. The molecule has 1 aromatic heterocycles. The van der Waals surface area contributed by atoms with Gasteiger partial charge in [0, 0.05) is 0 Å². The minimum Gasteiger partial charge on any atom is -0.465 e. The molecule has 4 heteroatoms. The van der Waals surface area contributed by atoms with Crippen LogP contribution in [0.25, 0.3) is 6.08 Å². The van der Waals surface area contributed by atoms with Crippen LogP contribution in [-0.4, -0.2) is 17.2 Å². The summed E-state index contributed by atoms with van der Waals surface area (Å²) >= 11 is 0. The van der Waals surface area contributed by atoms with Gasteiger partial charge in [-0.1, -0.05) is 27.4 Å². The summed E-state index contributed by atoms with van der Waals surface area (Å²) in [4.78, 5) is 0. The van der Waals surface area contributed by atoms with E-state index in [1.54, 1.807) is 12.1 Å². The highest BCUT2D eigenvalue weighted by Crippen LogP contribution is 2.10. The zero-order chi connectivity index (χ0) is 11.1. The summed E-state index contributed by atoms with van der Waals surface area (Å²) < 4.78 is 5.10. The van der Waals surface area contributed by atoms with E-state index in [1.807, 2.05) is 20.8 Å². The van der Waals surface area contributed by atoms with Crippen LogP contribution in [0.2, 0.25) is 0 Å². The molecule has 0 amide bonds. The van der Waals surface area contributed by atoms with E-state index in [9.17, 15) is 0 Å². The molecule has 14 heavy (non-hydrogen) atoms. The van der Waals surface area contributed by atoms with E-state index < -0.39 is 7.12 Å². The fourth-order valence-electron chi connectivity index (χ4n) is 1.04. The van der Waals surface area contributed by atoms with Gasteiger partial charge in [-0.3, -0.25) is 0 Å². The summed E-state index contributed by atoms with van der Waals surface area (Å²) in [7, 11) is -1.54. The maximum atomic E-state index is 8.78. The molecule has 1 aromatic rings. The number of furan rings is 1. The SMILES string of the molecule is C=Cc1oc(B(O)O)cc1CC.CC. The minimum atomic E-state index is -1.54. The van der Waals surface area contributed by atoms with Gasteiger partial charge in [0.2, 0.25) is 0 Å². The lowest BCUT2D eigenvalue weighted by atomic mass is 9.87. The summed E-state index contributed by atoms with van der Waals surface area (Å²) in [6.07, 6.45) is 2.35. The molecule has 0 radical (unpaired) electrons. The van der Waals surface area contributed by atoms with Crippen LogP contribution in [0.15, 0.2) is 17.1 Å². The molecule has 1 heterocycles. The Morgan fingerprint density at radius 1 is 1.50 bits per heavy atom. The standard InChI is InChI=1S/C8H11BO3.C2H6/c1-3-6-5-8(9(10)11)12-7(6)4-2;1-2/h4-5,10-11H,2-3H2,1H3;1-2H3. The Balaban J connectivity index is 0.000000791. The van der Waals surface area contributed by atoms with Crippen LogP contribution < -0.4 is 5.66 Å². The van der Waals surface area contributed by atoms with Gasteiger partial charge in [-0.25, -0.2) is 0 Å². The lowest BCUT2D eigenvalue weighted by Gasteiger charge is -1.90. The summed E-state index contributed by atoms with van der Waals surface area (Å²) in [5.74, 6) is 0.612. The molecule has 0 aliphatic carbocycles. The maximum Gasteiger partial charge on any atom is 0.526 e. The van der Waals surface area contributed by atoms with E-state index in [4.69, 9.17) is 14.5 Å². The van der Waals surface area contributed by atoms with Crippen LogP contribution in [-0.2, 0) is 6.42 Å². The molecule has 0 saturated heterocycles. The smallest absolute Gasteiger partial charge is 0.465 e. The molecule has 78 valence electrons. The molecule has 0 fully saturated rings. The van der Waals surface area contributed by atoms with Crippen molar-refractivity contribution in [2.75, 3.05) is 0 Å². The zero-order valence-electron chi connectivity index (χ0n) is 8.95. The topological polar surface area (TPSA) is 53.6 Å². The van der Waals surface area contributed by atoms with E-state index in [0.717, 1.165) is 12.0 Å². The average Bonchev–Trinajstić information content (AvgIpc) is 2.63. The van der Waals surface area contributed by atoms with Crippen molar-refractivity contribution in [1.29, 1.82) is 0 Å². The lowest BCUT2D eigenvalue weighted by Crippen LogP contribution is -2.28. The van der Waals surface area contributed by atoms with Crippen molar-refractivity contribution in [3.63, 3.8) is 0 Å². The van der Waals surface area contributed by atoms with E-state index >= 15 is 0 Å². The molecule has 0 unspecified atom stereocenters. The Morgan fingerprint density at radius 3 is 2.36 bits per heavy atom. The molecule has 0 saturated carbocycles. The molecule has 1 rings (SSSR count).